The van der Waals surface area contributed by atoms with Crippen LogP contribution >= 0.6 is 0 Å². The minimum atomic E-state index is -0.298. The second kappa shape index (κ2) is 7.49. The summed E-state index contributed by atoms with van der Waals surface area (Å²) < 4.78 is 6.65. The fourth-order valence-electron chi connectivity index (χ4n) is 2.20. The van der Waals surface area contributed by atoms with Gasteiger partial charge in [0, 0.05) is 30.5 Å². The first-order valence-electron chi connectivity index (χ1n) is 7.36. The molecule has 2 rings (SSSR count). The number of nitrogens with zero attached hydrogens (tertiary/aromatic N) is 1. The lowest BCUT2D eigenvalue weighted by Crippen LogP contribution is -2.34. The summed E-state index contributed by atoms with van der Waals surface area (Å²) in [5.41, 5.74) is 2.49. The highest BCUT2D eigenvalue weighted by Gasteiger charge is 2.05. The number of rotatable bonds is 5. The van der Waals surface area contributed by atoms with Crippen LogP contribution in [0.2, 0.25) is 0 Å². The van der Waals surface area contributed by atoms with Crippen LogP contribution in [0.1, 0.15) is 11.3 Å². The predicted octanol–water partition coefficient (Wildman–Crippen LogP) is 2.30. The van der Waals surface area contributed by atoms with Gasteiger partial charge in [-0.15, -0.1) is 0 Å². The van der Waals surface area contributed by atoms with E-state index in [4.69, 9.17) is 4.74 Å². The van der Waals surface area contributed by atoms with Crippen molar-refractivity contribution in [1.29, 1.82) is 0 Å². The van der Waals surface area contributed by atoms with E-state index < -0.39 is 0 Å². The molecule has 0 aliphatic rings. The Hall–Kier alpha value is -2.76. The molecule has 6 nitrogen and oxygen atoms in total. The van der Waals surface area contributed by atoms with Gasteiger partial charge in [-0.2, -0.15) is 0 Å². The summed E-state index contributed by atoms with van der Waals surface area (Å²) in [6.07, 6.45) is 0. The molecule has 6 heteroatoms. The third kappa shape index (κ3) is 4.60. The van der Waals surface area contributed by atoms with Crippen LogP contribution in [0.5, 0.6) is 5.75 Å². The molecule has 0 atom stereocenters. The number of urea groups is 1. The summed E-state index contributed by atoms with van der Waals surface area (Å²) in [6.45, 7) is 4.57. The van der Waals surface area contributed by atoms with Crippen LogP contribution in [-0.2, 0) is 6.54 Å². The molecule has 1 aromatic heterocycles. The van der Waals surface area contributed by atoms with Gasteiger partial charge >= 0.3 is 6.03 Å². The molecule has 2 aromatic rings. The SMILES string of the molecule is COc1cc(C)n(CCNC(=O)Nc2ccc(C)cc2)c(=O)c1. The van der Waals surface area contributed by atoms with E-state index in [2.05, 4.69) is 10.6 Å². The molecule has 0 radical (unpaired) electrons. The monoisotopic (exact) mass is 315 g/mol. The van der Waals surface area contributed by atoms with Crippen molar-refractivity contribution in [1.82, 2.24) is 9.88 Å². The highest BCUT2D eigenvalue weighted by Crippen LogP contribution is 2.09. The molecule has 2 amide bonds. The topological polar surface area (TPSA) is 72.4 Å². The lowest BCUT2D eigenvalue weighted by atomic mass is 10.2. The van der Waals surface area contributed by atoms with E-state index in [1.807, 2.05) is 38.1 Å². The first-order valence-corrected chi connectivity index (χ1v) is 7.36. The van der Waals surface area contributed by atoms with Crippen LogP contribution in [0.3, 0.4) is 0 Å². The van der Waals surface area contributed by atoms with E-state index in [0.717, 1.165) is 16.9 Å². The highest BCUT2D eigenvalue weighted by molar-refractivity contribution is 5.89. The van der Waals surface area contributed by atoms with Crippen molar-refractivity contribution in [2.45, 2.75) is 20.4 Å². The van der Waals surface area contributed by atoms with E-state index >= 15 is 0 Å². The average molecular weight is 315 g/mol. The number of anilines is 1. The zero-order valence-electron chi connectivity index (χ0n) is 13.6. The van der Waals surface area contributed by atoms with Crippen LogP contribution < -0.4 is 20.9 Å². The predicted molar refractivity (Wildman–Crippen MR) is 90.2 cm³/mol. The molecule has 2 N–H and O–H groups in total. The molecule has 1 aromatic carbocycles. The van der Waals surface area contributed by atoms with Gasteiger partial charge in [-0.25, -0.2) is 4.79 Å². The van der Waals surface area contributed by atoms with Gasteiger partial charge in [0.2, 0.25) is 0 Å². The molecule has 122 valence electrons. The second-order valence-electron chi connectivity index (χ2n) is 5.27. The number of nitrogens with one attached hydrogen (secondary N) is 2. The zero-order valence-corrected chi connectivity index (χ0v) is 13.6. The van der Waals surface area contributed by atoms with Gasteiger partial charge in [0.15, 0.2) is 0 Å². The third-order valence-corrected chi connectivity index (χ3v) is 3.47. The van der Waals surface area contributed by atoms with Crippen molar-refractivity contribution in [3.8, 4) is 5.75 Å². The number of aromatic nitrogens is 1. The largest absolute Gasteiger partial charge is 0.496 e. The smallest absolute Gasteiger partial charge is 0.319 e. The maximum atomic E-state index is 12.0. The molecule has 0 bridgehead atoms. The third-order valence-electron chi connectivity index (χ3n) is 3.47. The molecular weight excluding hydrogens is 294 g/mol. The molecule has 0 aliphatic carbocycles. The van der Waals surface area contributed by atoms with E-state index in [1.54, 1.807) is 10.6 Å². The summed E-state index contributed by atoms with van der Waals surface area (Å²) in [6, 6.07) is 10.5. The van der Waals surface area contributed by atoms with Crippen LogP contribution in [0, 0.1) is 13.8 Å². The Morgan fingerprint density at radius 2 is 1.87 bits per heavy atom. The quantitative estimate of drug-likeness (QED) is 0.889. The Morgan fingerprint density at radius 1 is 1.17 bits per heavy atom. The summed E-state index contributed by atoms with van der Waals surface area (Å²) in [5, 5.41) is 5.48. The minimum Gasteiger partial charge on any atom is -0.496 e. The van der Waals surface area contributed by atoms with Crippen molar-refractivity contribution < 1.29 is 9.53 Å². The minimum absolute atomic E-state index is 0.150. The van der Waals surface area contributed by atoms with Gasteiger partial charge in [0.05, 0.1) is 7.11 Å². The van der Waals surface area contributed by atoms with E-state index in [-0.39, 0.29) is 11.6 Å². The molecule has 23 heavy (non-hydrogen) atoms. The van der Waals surface area contributed by atoms with Crippen molar-refractivity contribution in [3.05, 3.63) is 58.0 Å². The normalized spacial score (nSPS) is 10.2. The second-order valence-corrected chi connectivity index (χ2v) is 5.27. The van der Waals surface area contributed by atoms with E-state index in [9.17, 15) is 9.59 Å². The molecule has 0 saturated carbocycles. The molecule has 0 spiro atoms. The number of pyridine rings is 1. The number of ether oxygens (including phenoxy) is 1. The Bertz CT molecular complexity index is 736. The highest BCUT2D eigenvalue weighted by atomic mass is 16.5. The van der Waals surface area contributed by atoms with Crippen molar-refractivity contribution in [2.24, 2.45) is 0 Å². The van der Waals surface area contributed by atoms with Gasteiger partial charge in [-0.1, -0.05) is 17.7 Å². The maximum Gasteiger partial charge on any atom is 0.319 e. The average Bonchev–Trinajstić information content (AvgIpc) is 2.52. The lowest BCUT2D eigenvalue weighted by molar-refractivity contribution is 0.251. The Kier molecular flexibility index (Phi) is 5.41. The number of aryl methyl sites for hydroxylation is 2. The Balaban J connectivity index is 1.88. The molecular formula is C17H21N3O3. The number of hydrogen-bond acceptors (Lipinski definition) is 3. The van der Waals surface area contributed by atoms with Crippen LogP contribution in [-0.4, -0.2) is 24.3 Å². The van der Waals surface area contributed by atoms with E-state index in [1.165, 1.54) is 13.2 Å². The Labute approximate surface area is 135 Å². The van der Waals surface area contributed by atoms with Gasteiger partial charge in [0.1, 0.15) is 5.75 Å². The fourth-order valence-corrected chi connectivity index (χ4v) is 2.20. The standard InChI is InChI=1S/C17H21N3O3/c1-12-4-6-14(7-5-12)19-17(22)18-8-9-20-13(2)10-15(23-3)11-16(20)21/h4-7,10-11H,8-9H2,1-3H3,(H2,18,19,22). The number of carbonyl (C=O) groups excluding carboxylic acids is 1. The Morgan fingerprint density at radius 3 is 2.48 bits per heavy atom. The lowest BCUT2D eigenvalue weighted by Gasteiger charge is -2.12. The summed E-state index contributed by atoms with van der Waals surface area (Å²) in [7, 11) is 1.52. The maximum absolute atomic E-state index is 12.0. The first-order chi connectivity index (χ1) is 11.0. The van der Waals surface area contributed by atoms with Crippen molar-refractivity contribution in [2.75, 3.05) is 19.0 Å². The summed E-state index contributed by atoms with van der Waals surface area (Å²) in [5.74, 6) is 0.536. The van der Waals surface area contributed by atoms with Crippen molar-refractivity contribution in [3.63, 3.8) is 0 Å². The number of benzene rings is 1. The number of carbonyl (C=O) groups is 1. The summed E-state index contributed by atoms with van der Waals surface area (Å²) >= 11 is 0. The van der Waals surface area contributed by atoms with Gasteiger partial charge in [-0.3, -0.25) is 4.79 Å². The number of hydrogen-bond donors (Lipinski definition) is 2. The van der Waals surface area contributed by atoms with Crippen LogP contribution in [0.4, 0.5) is 10.5 Å². The summed E-state index contributed by atoms with van der Waals surface area (Å²) in [4.78, 5) is 23.8. The fraction of sp³-hybridized carbons (Fsp3) is 0.294. The van der Waals surface area contributed by atoms with Gasteiger partial charge in [0.25, 0.3) is 5.56 Å². The molecule has 1 heterocycles. The van der Waals surface area contributed by atoms with Gasteiger partial charge < -0.3 is 19.9 Å². The first kappa shape index (κ1) is 16.6. The molecule has 0 unspecified atom stereocenters. The molecule has 0 fully saturated rings. The molecule has 0 saturated heterocycles. The zero-order chi connectivity index (χ0) is 16.8. The number of methoxy groups -OCH3 is 1. The van der Waals surface area contributed by atoms with Crippen LogP contribution in [0.25, 0.3) is 0 Å². The van der Waals surface area contributed by atoms with Gasteiger partial charge in [-0.05, 0) is 32.0 Å². The van der Waals surface area contributed by atoms with Crippen LogP contribution in [0.15, 0.2) is 41.2 Å². The van der Waals surface area contributed by atoms with E-state index in [0.29, 0.717) is 18.8 Å². The van der Waals surface area contributed by atoms with Crippen molar-refractivity contribution >= 4 is 11.7 Å². The number of amides is 2. The molecule has 0 aliphatic heterocycles.